The zero-order chi connectivity index (χ0) is 16.1. The molecule has 5 nitrogen and oxygen atoms in total. The summed E-state index contributed by atoms with van der Waals surface area (Å²) in [5, 5.41) is 2.96. The summed E-state index contributed by atoms with van der Waals surface area (Å²) < 4.78 is 0. The van der Waals surface area contributed by atoms with Crippen LogP contribution in [0.4, 0.5) is 11.5 Å². The lowest BCUT2D eigenvalue weighted by molar-refractivity contribution is 0.102. The SMILES string of the molecule is CCc1ccccc1NC(=O)c1cc(N2CCCCC2)ncn1. The Morgan fingerprint density at radius 3 is 2.74 bits per heavy atom. The second kappa shape index (κ2) is 7.22. The molecular formula is C18H22N4O. The highest BCUT2D eigenvalue weighted by atomic mass is 16.1. The number of nitrogens with one attached hydrogen (secondary N) is 1. The Labute approximate surface area is 136 Å². The van der Waals surface area contributed by atoms with Crippen molar-refractivity contribution in [2.24, 2.45) is 0 Å². The highest BCUT2D eigenvalue weighted by molar-refractivity contribution is 6.03. The number of para-hydroxylation sites is 1. The Kier molecular flexibility index (Phi) is 4.86. The number of aryl methyl sites for hydroxylation is 1. The summed E-state index contributed by atoms with van der Waals surface area (Å²) in [4.78, 5) is 23.2. The average molecular weight is 310 g/mol. The largest absolute Gasteiger partial charge is 0.357 e. The van der Waals surface area contributed by atoms with Gasteiger partial charge in [0.25, 0.3) is 5.91 Å². The molecule has 1 aliphatic heterocycles. The summed E-state index contributed by atoms with van der Waals surface area (Å²) in [7, 11) is 0. The predicted octanol–water partition coefficient (Wildman–Crippen LogP) is 3.28. The van der Waals surface area contributed by atoms with Crippen molar-refractivity contribution in [1.29, 1.82) is 0 Å². The first kappa shape index (κ1) is 15.5. The number of hydrogen-bond donors (Lipinski definition) is 1. The summed E-state index contributed by atoms with van der Waals surface area (Å²) in [5.74, 6) is 0.653. The van der Waals surface area contributed by atoms with Gasteiger partial charge < -0.3 is 10.2 Å². The Morgan fingerprint density at radius 2 is 1.96 bits per heavy atom. The molecule has 1 fully saturated rings. The number of anilines is 2. The number of rotatable bonds is 4. The van der Waals surface area contributed by atoms with E-state index in [1.54, 1.807) is 6.07 Å². The van der Waals surface area contributed by atoms with Crippen LogP contribution in [0.3, 0.4) is 0 Å². The molecule has 1 aliphatic rings. The number of carbonyl (C=O) groups excluding carboxylic acids is 1. The van der Waals surface area contributed by atoms with Gasteiger partial charge in [0.05, 0.1) is 0 Å². The fourth-order valence-corrected chi connectivity index (χ4v) is 2.90. The number of aromatic nitrogens is 2. The summed E-state index contributed by atoms with van der Waals surface area (Å²) in [6.45, 7) is 4.07. The van der Waals surface area contributed by atoms with Crippen molar-refractivity contribution in [2.75, 3.05) is 23.3 Å². The van der Waals surface area contributed by atoms with Crippen molar-refractivity contribution < 1.29 is 4.79 Å². The Hall–Kier alpha value is -2.43. The van der Waals surface area contributed by atoms with Crippen molar-refractivity contribution in [1.82, 2.24) is 9.97 Å². The lowest BCUT2D eigenvalue weighted by Crippen LogP contribution is -2.30. The van der Waals surface area contributed by atoms with Gasteiger partial charge in [0, 0.05) is 24.8 Å². The molecule has 0 atom stereocenters. The molecule has 1 aromatic heterocycles. The number of nitrogens with zero attached hydrogens (tertiary/aromatic N) is 3. The minimum absolute atomic E-state index is 0.188. The van der Waals surface area contributed by atoms with E-state index in [-0.39, 0.29) is 5.91 Å². The van der Waals surface area contributed by atoms with Gasteiger partial charge in [-0.3, -0.25) is 4.79 Å². The fraction of sp³-hybridized carbons (Fsp3) is 0.389. The molecule has 120 valence electrons. The molecule has 0 saturated carbocycles. The second-order valence-corrected chi connectivity index (χ2v) is 5.77. The van der Waals surface area contributed by atoms with Crippen LogP contribution in [0.1, 0.15) is 42.2 Å². The number of carbonyl (C=O) groups is 1. The van der Waals surface area contributed by atoms with Crippen LogP contribution < -0.4 is 10.2 Å². The zero-order valence-corrected chi connectivity index (χ0v) is 13.5. The molecule has 0 aliphatic carbocycles. The van der Waals surface area contributed by atoms with Crippen molar-refractivity contribution >= 4 is 17.4 Å². The third kappa shape index (κ3) is 3.67. The molecule has 1 amide bonds. The van der Waals surface area contributed by atoms with Gasteiger partial charge in [-0.2, -0.15) is 0 Å². The highest BCUT2D eigenvalue weighted by Gasteiger charge is 2.15. The maximum Gasteiger partial charge on any atom is 0.274 e. The van der Waals surface area contributed by atoms with Gasteiger partial charge >= 0.3 is 0 Å². The van der Waals surface area contributed by atoms with Crippen LogP contribution in [-0.4, -0.2) is 29.0 Å². The molecule has 0 bridgehead atoms. The van der Waals surface area contributed by atoms with Crippen LogP contribution in [-0.2, 0) is 6.42 Å². The van der Waals surface area contributed by atoms with Gasteiger partial charge in [0.2, 0.25) is 0 Å². The van der Waals surface area contributed by atoms with E-state index in [1.807, 2.05) is 24.3 Å². The summed E-state index contributed by atoms with van der Waals surface area (Å²) in [6, 6.07) is 9.63. The van der Waals surface area contributed by atoms with E-state index in [0.717, 1.165) is 36.6 Å². The van der Waals surface area contributed by atoms with Gasteiger partial charge in [0.15, 0.2) is 0 Å². The minimum atomic E-state index is -0.188. The maximum absolute atomic E-state index is 12.5. The standard InChI is InChI=1S/C18H22N4O/c1-2-14-8-4-5-9-15(14)21-18(23)16-12-17(20-13-19-16)22-10-6-3-7-11-22/h4-5,8-9,12-13H,2-3,6-7,10-11H2,1H3,(H,21,23). The smallest absolute Gasteiger partial charge is 0.274 e. The predicted molar refractivity (Wildman–Crippen MR) is 91.9 cm³/mol. The first-order valence-electron chi connectivity index (χ1n) is 8.24. The number of benzene rings is 1. The number of hydrogen-bond acceptors (Lipinski definition) is 4. The summed E-state index contributed by atoms with van der Waals surface area (Å²) >= 11 is 0. The van der Waals surface area contributed by atoms with Gasteiger partial charge in [-0.15, -0.1) is 0 Å². The topological polar surface area (TPSA) is 58.1 Å². The molecule has 5 heteroatoms. The van der Waals surface area contributed by atoms with Crippen LogP contribution in [0.5, 0.6) is 0 Å². The van der Waals surface area contributed by atoms with Crippen molar-refractivity contribution in [2.45, 2.75) is 32.6 Å². The lowest BCUT2D eigenvalue weighted by Gasteiger charge is -2.27. The number of piperidine rings is 1. The molecule has 0 spiro atoms. The van der Waals surface area contributed by atoms with Gasteiger partial charge in [0.1, 0.15) is 17.8 Å². The second-order valence-electron chi connectivity index (χ2n) is 5.77. The normalized spacial score (nSPS) is 14.6. The highest BCUT2D eigenvalue weighted by Crippen LogP contribution is 2.19. The van der Waals surface area contributed by atoms with E-state index in [9.17, 15) is 4.79 Å². The molecule has 2 aromatic rings. The monoisotopic (exact) mass is 310 g/mol. The van der Waals surface area contributed by atoms with Crippen LogP contribution in [0.2, 0.25) is 0 Å². The Bertz CT molecular complexity index is 680. The van der Waals surface area contributed by atoms with E-state index in [1.165, 1.54) is 25.6 Å². The zero-order valence-electron chi connectivity index (χ0n) is 13.5. The van der Waals surface area contributed by atoms with Gasteiger partial charge in [-0.05, 0) is 37.3 Å². The van der Waals surface area contributed by atoms with Gasteiger partial charge in [-0.25, -0.2) is 9.97 Å². The van der Waals surface area contributed by atoms with E-state index in [2.05, 4.69) is 27.1 Å². The van der Waals surface area contributed by atoms with Crippen molar-refractivity contribution in [3.63, 3.8) is 0 Å². The van der Waals surface area contributed by atoms with E-state index >= 15 is 0 Å². The quantitative estimate of drug-likeness (QED) is 0.941. The maximum atomic E-state index is 12.5. The molecule has 3 rings (SSSR count). The van der Waals surface area contributed by atoms with Crippen LogP contribution in [0.15, 0.2) is 36.7 Å². The number of amides is 1. The van der Waals surface area contributed by atoms with Crippen LogP contribution >= 0.6 is 0 Å². The Morgan fingerprint density at radius 1 is 1.17 bits per heavy atom. The van der Waals surface area contributed by atoms with Crippen LogP contribution in [0.25, 0.3) is 0 Å². The molecule has 23 heavy (non-hydrogen) atoms. The van der Waals surface area contributed by atoms with E-state index in [4.69, 9.17) is 0 Å². The molecule has 1 saturated heterocycles. The third-order valence-electron chi connectivity index (χ3n) is 4.21. The minimum Gasteiger partial charge on any atom is -0.357 e. The molecule has 2 heterocycles. The molecule has 0 unspecified atom stereocenters. The van der Waals surface area contributed by atoms with E-state index in [0.29, 0.717) is 5.69 Å². The van der Waals surface area contributed by atoms with Gasteiger partial charge in [-0.1, -0.05) is 25.1 Å². The Balaban J connectivity index is 1.77. The lowest BCUT2D eigenvalue weighted by atomic mass is 10.1. The molecular weight excluding hydrogens is 288 g/mol. The fourth-order valence-electron chi connectivity index (χ4n) is 2.90. The average Bonchev–Trinajstić information content (AvgIpc) is 2.63. The molecule has 1 N–H and O–H groups in total. The first-order valence-corrected chi connectivity index (χ1v) is 8.24. The molecule has 0 radical (unpaired) electrons. The summed E-state index contributed by atoms with van der Waals surface area (Å²) in [6.07, 6.45) is 5.97. The third-order valence-corrected chi connectivity index (χ3v) is 4.21. The summed E-state index contributed by atoms with van der Waals surface area (Å²) in [5.41, 5.74) is 2.37. The van der Waals surface area contributed by atoms with Crippen molar-refractivity contribution in [3.05, 3.63) is 47.9 Å². The molecule has 1 aromatic carbocycles. The van der Waals surface area contributed by atoms with Crippen molar-refractivity contribution in [3.8, 4) is 0 Å². The van der Waals surface area contributed by atoms with Crippen LogP contribution in [0, 0.1) is 0 Å². The first-order chi connectivity index (χ1) is 11.3. The van der Waals surface area contributed by atoms with E-state index < -0.39 is 0 Å².